The number of phosphoric ester groups is 2. The largest absolute Gasteiger partial charge is 0.472 e. The number of ether oxygens (including phenoxy) is 4. The summed E-state index contributed by atoms with van der Waals surface area (Å²) in [5.74, 6) is -2.34. The average molecular weight is 737 g/mol. The van der Waals surface area contributed by atoms with Crippen molar-refractivity contribution in [3.63, 3.8) is 0 Å². The van der Waals surface area contributed by atoms with Gasteiger partial charge in [-0.25, -0.2) is 9.13 Å². The number of hydrogen-bond acceptors (Lipinski definition) is 15. The molecule has 0 radical (unpaired) electrons. The second-order valence-electron chi connectivity index (χ2n) is 10.8. The summed E-state index contributed by atoms with van der Waals surface area (Å²) in [5, 5.41) is 10.1. The second-order valence-corrected chi connectivity index (χ2v) is 13.7. The molecule has 0 aliphatic heterocycles. The van der Waals surface area contributed by atoms with E-state index in [9.17, 15) is 43.2 Å². The average Bonchev–Trinajstić information content (AvgIpc) is 3.03. The Labute approximate surface area is 282 Å². The van der Waals surface area contributed by atoms with Crippen LogP contribution in [0.5, 0.6) is 0 Å². The number of phosphoric acid groups is 2. The number of hydrogen-bond donors (Lipinski definition) is 3. The highest BCUT2D eigenvalue weighted by molar-refractivity contribution is 7.47. The van der Waals surface area contributed by atoms with E-state index in [0.717, 1.165) is 25.7 Å². The van der Waals surface area contributed by atoms with E-state index < -0.39 is 97.5 Å². The lowest BCUT2D eigenvalue weighted by atomic mass is 10.2. The van der Waals surface area contributed by atoms with Crippen LogP contribution in [0.2, 0.25) is 0 Å². The van der Waals surface area contributed by atoms with E-state index in [4.69, 9.17) is 37.0 Å². The first-order valence-corrected chi connectivity index (χ1v) is 19.3. The SMILES string of the molecule is CCCCCC(=O)OC[C@H](COP(=O)(O)OC[C@H](O)COP(=O)(O)OC[C@@H](COC(=O)CCCC)OC(=O)CCC)OC(=O)CCCC. The van der Waals surface area contributed by atoms with Crippen LogP contribution in [0.1, 0.15) is 105 Å². The first-order chi connectivity index (χ1) is 22.7. The Balaban J connectivity index is 4.91. The van der Waals surface area contributed by atoms with Crippen LogP contribution in [0.15, 0.2) is 0 Å². The molecule has 0 aromatic rings. The topological polar surface area (TPSA) is 237 Å². The van der Waals surface area contributed by atoms with Gasteiger partial charge in [0.05, 0.1) is 26.4 Å². The molecule has 0 saturated heterocycles. The predicted octanol–water partition coefficient (Wildman–Crippen LogP) is 4.29. The van der Waals surface area contributed by atoms with Crippen molar-refractivity contribution >= 4 is 39.5 Å². The molecule has 48 heavy (non-hydrogen) atoms. The number of aliphatic hydroxyl groups is 1. The molecule has 0 rings (SSSR count). The van der Waals surface area contributed by atoms with Gasteiger partial charge in [0.25, 0.3) is 0 Å². The number of aliphatic hydroxyl groups excluding tert-OH is 1. The Bertz CT molecular complexity index is 1020. The van der Waals surface area contributed by atoms with E-state index >= 15 is 0 Å². The minimum atomic E-state index is -4.87. The monoisotopic (exact) mass is 736 g/mol. The van der Waals surface area contributed by atoms with Crippen molar-refractivity contribution in [3.8, 4) is 0 Å². The Kier molecular flexibility index (Phi) is 25.8. The van der Waals surface area contributed by atoms with Gasteiger partial charge in [-0.1, -0.05) is 53.4 Å². The molecule has 0 amide bonds. The Hall–Kier alpha value is -1.94. The maximum absolute atomic E-state index is 12.4. The molecule has 0 saturated carbocycles. The summed E-state index contributed by atoms with van der Waals surface area (Å²) in [6.45, 7) is 3.45. The summed E-state index contributed by atoms with van der Waals surface area (Å²) in [5.41, 5.74) is 0. The smallest absolute Gasteiger partial charge is 0.462 e. The molecule has 17 nitrogen and oxygen atoms in total. The van der Waals surface area contributed by atoms with E-state index in [1.807, 2.05) is 20.8 Å². The quantitative estimate of drug-likeness (QED) is 0.0403. The van der Waals surface area contributed by atoms with Crippen LogP contribution in [0.4, 0.5) is 0 Å². The fraction of sp³-hybridized carbons (Fsp3) is 0.862. The molecule has 282 valence electrons. The number of esters is 4. The van der Waals surface area contributed by atoms with E-state index in [2.05, 4.69) is 0 Å². The zero-order valence-corrected chi connectivity index (χ0v) is 30.2. The van der Waals surface area contributed by atoms with Gasteiger partial charge >= 0.3 is 39.5 Å². The van der Waals surface area contributed by atoms with Crippen LogP contribution in [0.25, 0.3) is 0 Å². The molecular formula is C29H54O17P2. The molecule has 0 aromatic carbocycles. The predicted molar refractivity (Wildman–Crippen MR) is 169 cm³/mol. The van der Waals surface area contributed by atoms with Crippen molar-refractivity contribution < 1.29 is 80.2 Å². The zero-order valence-electron chi connectivity index (χ0n) is 28.4. The van der Waals surface area contributed by atoms with Gasteiger partial charge in [0.1, 0.15) is 19.3 Å². The maximum atomic E-state index is 12.4. The van der Waals surface area contributed by atoms with Gasteiger partial charge in [0.2, 0.25) is 0 Å². The van der Waals surface area contributed by atoms with Gasteiger partial charge in [-0.2, -0.15) is 0 Å². The number of unbranched alkanes of at least 4 members (excludes halogenated alkanes) is 4. The number of rotatable bonds is 30. The fourth-order valence-corrected chi connectivity index (χ4v) is 5.02. The van der Waals surface area contributed by atoms with Crippen LogP contribution in [0, 0.1) is 0 Å². The molecule has 0 heterocycles. The van der Waals surface area contributed by atoms with Crippen molar-refractivity contribution in [2.45, 2.75) is 123 Å². The minimum Gasteiger partial charge on any atom is -0.462 e. The molecule has 19 heteroatoms. The maximum Gasteiger partial charge on any atom is 0.472 e. The van der Waals surface area contributed by atoms with E-state index in [-0.39, 0.29) is 25.7 Å². The molecular weight excluding hydrogens is 682 g/mol. The third-order valence-corrected chi connectivity index (χ3v) is 7.97. The van der Waals surface area contributed by atoms with Crippen LogP contribution >= 0.6 is 15.6 Å². The Morgan fingerprint density at radius 1 is 0.500 bits per heavy atom. The molecule has 3 N–H and O–H groups in total. The third-order valence-electron chi connectivity index (χ3n) is 6.07. The number of carbonyl (C=O) groups excluding carboxylic acids is 4. The summed E-state index contributed by atoms with van der Waals surface area (Å²) in [6, 6.07) is 0. The van der Waals surface area contributed by atoms with Crippen LogP contribution in [0.3, 0.4) is 0 Å². The number of carbonyl (C=O) groups is 4. The third kappa shape index (κ3) is 26.0. The van der Waals surface area contributed by atoms with E-state index in [1.54, 1.807) is 6.92 Å². The molecule has 0 bridgehead atoms. The highest BCUT2D eigenvalue weighted by atomic mass is 31.2. The lowest BCUT2D eigenvalue weighted by molar-refractivity contribution is -0.161. The van der Waals surface area contributed by atoms with Gasteiger partial charge in [0.15, 0.2) is 12.2 Å². The Morgan fingerprint density at radius 2 is 0.875 bits per heavy atom. The fourth-order valence-electron chi connectivity index (χ4n) is 3.44. The lowest BCUT2D eigenvalue weighted by Crippen LogP contribution is -2.30. The lowest BCUT2D eigenvalue weighted by Gasteiger charge is -2.21. The summed E-state index contributed by atoms with van der Waals surface area (Å²) >= 11 is 0. The van der Waals surface area contributed by atoms with Crippen molar-refractivity contribution in [3.05, 3.63) is 0 Å². The molecule has 5 atom stereocenters. The van der Waals surface area contributed by atoms with Crippen molar-refractivity contribution in [1.82, 2.24) is 0 Å². The standard InChI is InChI=1S/C29H54O17P2/c1-5-9-12-16-27(32)40-20-25(46-29(34)15-11-7-3)22-44-48(37,38)42-18-23(30)17-41-47(35,36)43-21-24(45-28(33)13-8-4)19-39-26(31)14-10-6-2/h23-25,30H,5-22H2,1-4H3,(H,35,36)(H,37,38)/t23-,24-,25-/m1/s1. The highest BCUT2D eigenvalue weighted by Crippen LogP contribution is 2.45. The second kappa shape index (κ2) is 26.9. The van der Waals surface area contributed by atoms with Gasteiger partial charge in [0, 0.05) is 25.7 Å². The van der Waals surface area contributed by atoms with Crippen LogP contribution in [-0.2, 0) is 65.4 Å². The summed E-state index contributed by atoms with van der Waals surface area (Å²) < 4.78 is 64.3. The first kappa shape index (κ1) is 46.1. The molecule has 2 unspecified atom stereocenters. The van der Waals surface area contributed by atoms with Crippen molar-refractivity contribution in [2.24, 2.45) is 0 Å². The molecule has 0 aromatic heterocycles. The van der Waals surface area contributed by atoms with Gasteiger partial charge in [-0.15, -0.1) is 0 Å². The van der Waals surface area contributed by atoms with Crippen molar-refractivity contribution in [1.29, 1.82) is 0 Å². The van der Waals surface area contributed by atoms with Crippen LogP contribution < -0.4 is 0 Å². The molecule has 0 fully saturated rings. The van der Waals surface area contributed by atoms with Crippen molar-refractivity contribution in [2.75, 3.05) is 39.6 Å². The zero-order chi connectivity index (χ0) is 36.4. The summed E-state index contributed by atoms with van der Waals surface area (Å²) in [6.07, 6.45) is 1.68. The molecule has 0 spiro atoms. The summed E-state index contributed by atoms with van der Waals surface area (Å²) in [7, 11) is -9.73. The van der Waals surface area contributed by atoms with Gasteiger partial charge < -0.3 is 33.8 Å². The van der Waals surface area contributed by atoms with Gasteiger partial charge in [-0.05, 0) is 25.7 Å². The Morgan fingerprint density at radius 3 is 1.29 bits per heavy atom. The summed E-state index contributed by atoms with van der Waals surface area (Å²) in [4.78, 5) is 67.8. The van der Waals surface area contributed by atoms with Gasteiger partial charge in [-0.3, -0.25) is 37.3 Å². The van der Waals surface area contributed by atoms with Crippen LogP contribution in [-0.4, -0.2) is 96.7 Å². The van der Waals surface area contributed by atoms with E-state index in [0.29, 0.717) is 25.7 Å². The highest BCUT2D eigenvalue weighted by Gasteiger charge is 2.30. The normalized spacial score (nSPS) is 15.7. The molecule has 0 aliphatic carbocycles. The van der Waals surface area contributed by atoms with E-state index in [1.165, 1.54) is 0 Å². The molecule has 0 aliphatic rings. The minimum absolute atomic E-state index is 0.0511. The first-order valence-electron chi connectivity index (χ1n) is 16.3.